The van der Waals surface area contributed by atoms with Crippen molar-refractivity contribution in [3.63, 3.8) is 0 Å². The molecule has 0 saturated carbocycles. The van der Waals surface area contributed by atoms with Gasteiger partial charge in [-0.2, -0.15) is 5.26 Å². The van der Waals surface area contributed by atoms with Crippen LogP contribution in [0, 0.1) is 17.2 Å². The second-order valence-corrected chi connectivity index (χ2v) is 4.07. The van der Waals surface area contributed by atoms with Gasteiger partial charge >= 0.3 is 0 Å². The molecule has 0 aromatic rings. The number of rotatable bonds is 4. The molecule has 1 rings (SSSR count). The Kier molecular flexibility index (Phi) is 4.85. The number of likely N-dealkylation sites (tertiary alicyclic amines) is 1. The van der Waals surface area contributed by atoms with E-state index in [4.69, 9.17) is 5.26 Å². The average Bonchev–Trinajstić information content (AvgIpc) is 2.19. The van der Waals surface area contributed by atoms with Crippen LogP contribution in [0.1, 0.15) is 39.0 Å². The maximum absolute atomic E-state index is 8.61. The van der Waals surface area contributed by atoms with Crippen molar-refractivity contribution in [2.45, 2.75) is 39.0 Å². The fraction of sp³-hybridized carbons (Fsp3) is 0.909. The van der Waals surface area contributed by atoms with Crippen molar-refractivity contribution in [2.24, 2.45) is 5.92 Å². The SMILES string of the molecule is CC(C#N)CCCN1CCCCC1. The van der Waals surface area contributed by atoms with Crippen LogP contribution in [0.2, 0.25) is 0 Å². The van der Waals surface area contributed by atoms with E-state index in [0.717, 1.165) is 6.42 Å². The van der Waals surface area contributed by atoms with Gasteiger partial charge in [-0.1, -0.05) is 6.42 Å². The summed E-state index contributed by atoms with van der Waals surface area (Å²) in [4.78, 5) is 2.54. The fourth-order valence-electron chi connectivity index (χ4n) is 1.87. The number of hydrogen-bond acceptors (Lipinski definition) is 2. The maximum atomic E-state index is 8.61. The Bertz CT molecular complexity index is 165. The Labute approximate surface area is 81.5 Å². The summed E-state index contributed by atoms with van der Waals surface area (Å²) in [5.74, 6) is 0.241. The Balaban J connectivity index is 2.02. The van der Waals surface area contributed by atoms with Gasteiger partial charge in [0.1, 0.15) is 0 Å². The van der Waals surface area contributed by atoms with Crippen LogP contribution >= 0.6 is 0 Å². The number of nitrogens with zero attached hydrogens (tertiary/aromatic N) is 2. The number of nitriles is 1. The van der Waals surface area contributed by atoms with Crippen LogP contribution in [0.3, 0.4) is 0 Å². The minimum Gasteiger partial charge on any atom is -0.303 e. The molecule has 0 N–H and O–H groups in total. The van der Waals surface area contributed by atoms with E-state index >= 15 is 0 Å². The van der Waals surface area contributed by atoms with Crippen molar-refractivity contribution in [2.75, 3.05) is 19.6 Å². The molecule has 2 heteroatoms. The summed E-state index contributed by atoms with van der Waals surface area (Å²) < 4.78 is 0. The summed E-state index contributed by atoms with van der Waals surface area (Å²) in [6.45, 7) is 5.77. The molecular weight excluding hydrogens is 160 g/mol. The summed E-state index contributed by atoms with van der Waals surface area (Å²) in [5, 5.41) is 8.61. The predicted octanol–water partition coefficient (Wildman–Crippen LogP) is 2.41. The molecule has 0 bridgehead atoms. The van der Waals surface area contributed by atoms with Gasteiger partial charge in [-0.3, -0.25) is 0 Å². The highest BCUT2D eigenvalue weighted by Gasteiger charge is 2.09. The van der Waals surface area contributed by atoms with E-state index in [2.05, 4.69) is 11.0 Å². The van der Waals surface area contributed by atoms with Gasteiger partial charge < -0.3 is 4.90 Å². The molecule has 0 spiro atoms. The topological polar surface area (TPSA) is 27.0 Å². The molecular formula is C11H20N2. The van der Waals surface area contributed by atoms with Gasteiger partial charge in [0.25, 0.3) is 0 Å². The highest BCUT2D eigenvalue weighted by Crippen LogP contribution is 2.11. The van der Waals surface area contributed by atoms with Gasteiger partial charge in [0, 0.05) is 5.92 Å². The minimum atomic E-state index is 0.241. The van der Waals surface area contributed by atoms with Crippen LogP contribution < -0.4 is 0 Å². The number of piperidine rings is 1. The molecule has 1 unspecified atom stereocenters. The highest BCUT2D eigenvalue weighted by molar-refractivity contribution is 4.78. The Morgan fingerprint density at radius 2 is 2.00 bits per heavy atom. The Morgan fingerprint density at radius 3 is 2.62 bits per heavy atom. The van der Waals surface area contributed by atoms with Crippen molar-refractivity contribution in [3.05, 3.63) is 0 Å². The zero-order valence-corrected chi connectivity index (χ0v) is 8.63. The van der Waals surface area contributed by atoms with Gasteiger partial charge in [0.15, 0.2) is 0 Å². The van der Waals surface area contributed by atoms with Crippen LogP contribution in [0.5, 0.6) is 0 Å². The van der Waals surface area contributed by atoms with E-state index in [1.807, 2.05) is 6.92 Å². The van der Waals surface area contributed by atoms with Gasteiger partial charge in [-0.25, -0.2) is 0 Å². The summed E-state index contributed by atoms with van der Waals surface area (Å²) in [6.07, 6.45) is 6.40. The molecule has 1 aliphatic rings. The molecule has 74 valence electrons. The lowest BCUT2D eigenvalue weighted by atomic mass is 10.1. The smallest absolute Gasteiger partial charge is 0.0652 e. The molecule has 1 aliphatic heterocycles. The van der Waals surface area contributed by atoms with Crippen molar-refractivity contribution < 1.29 is 0 Å². The zero-order valence-electron chi connectivity index (χ0n) is 8.63. The molecule has 0 aromatic heterocycles. The molecule has 2 nitrogen and oxygen atoms in total. The van der Waals surface area contributed by atoms with E-state index in [1.54, 1.807) is 0 Å². The molecule has 0 amide bonds. The first-order valence-electron chi connectivity index (χ1n) is 5.45. The second-order valence-electron chi connectivity index (χ2n) is 4.07. The first-order valence-corrected chi connectivity index (χ1v) is 5.45. The van der Waals surface area contributed by atoms with E-state index in [9.17, 15) is 0 Å². The minimum absolute atomic E-state index is 0.241. The molecule has 13 heavy (non-hydrogen) atoms. The third kappa shape index (κ3) is 4.28. The molecule has 1 atom stereocenters. The fourth-order valence-corrected chi connectivity index (χ4v) is 1.87. The largest absolute Gasteiger partial charge is 0.303 e. The first-order chi connectivity index (χ1) is 6.33. The summed E-state index contributed by atoms with van der Waals surface area (Å²) in [7, 11) is 0. The molecule has 1 heterocycles. The lowest BCUT2D eigenvalue weighted by Gasteiger charge is -2.26. The van der Waals surface area contributed by atoms with Crippen molar-refractivity contribution >= 4 is 0 Å². The summed E-state index contributed by atoms with van der Waals surface area (Å²) >= 11 is 0. The Morgan fingerprint density at radius 1 is 1.31 bits per heavy atom. The van der Waals surface area contributed by atoms with Crippen LogP contribution in [0.15, 0.2) is 0 Å². The third-order valence-corrected chi connectivity index (χ3v) is 2.78. The van der Waals surface area contributed by atoms with E-state index in [1.165, 1.54) is 45.3 Å². The van der Waals surface area contributed by atoms with Crippen molar-refractivity contribution in [1.29, 1.82) is 5.26 Å². The zero-order chi connectivity index (χ0) is 9.52. The van der Waals surface area contributed by atoms with Crippen LogP contribution in [0.4, 0.5) is 0 Å². The quantitative estimate of drug-likeness (QED) is 0.664. The molecule has 0 radical (unpaired) electrons. The van der Waals surface area contributed by atoms with Crippen molar-refractivity contribution in [1.82, 2.24) is 4.90 Å². The van der Waals surface area contributed by atoms with Gasteiger partial charge in [-0.05, 0) is 52.2 Å². The van der Waals surface area contributed by atoms with Crippen molar-refractivity contribution in [3.8, 4) is 6.07 Å². The highest BCUT2D eigenvalue weighted by atomic mass is 15.1. The van der Waals surface area contributed by atoms with Gasteiger partial charge in [-0.15, -0.1) is 0 Å². The van der Waals surface area contributed by atoms with Crippen LogP contribution in [-0.2, 0) is 0 Å². The monoisotopic (exact) mass is 180 g/mol. The predicted molar refractivity (Wildman–Crippen MR) is 54.3 cm³/mol. The van der Waals surface area contributed by atoms with Crippen LogP contribution in [-0.4, -0.2) is 24.5 Å². The summed E-state index contributed by atoms with van der Waals surface area (Å²) in [6, 6.07) is 2.28. The normalized spacial score (nSPS) is 20.9. The van der Waals surface area contributed by atoms with E-state index < -0.39 is 0 Å². The second kappa shape index (κ2) is 5.99. The van der Waals surface area contributed by atoms with Gasteiger partial charge in [0.05, 0.1) is 6.07 Å². The molecule has 0 aromatic carbocycles. The van der Waals surface area contributed by atoms with Gasteiger partial charge in [0.2, 0.25) is 0 Å². The summed E-state index contributed by atoms with van der Waals surface area (Å²) in [5.41, 5.74) is 0. The lowest BCUT2D eigenvalue weighted by Crippen LogP contribution is -2.30. The van der Waals surface area contributed by atoms with Crippen LogP contribution in [0.25, 0.3) is 0 Å². The Hall–Kier alpha value is -0.550. The lowest BCUT2D eigenvalue weighted by molar-refractivity contribution is 0.223. The number of hydrogen-bond donors (Lipinski definition) is 0. The average molecular weight is 180 g/mol. The molecule has 0 aliphatic carbocycles. The third-order valence-electron chi connectivity index (χ3n) is 2.78. The van der Waals surface area contributed by atoms with E-state index in [-0.39, 0.29) is 5.92 Å². The standard InChI is InChI=1S/C11H20N2/c1-11(10-12)6-5-9-13-7-3-2-4-8-13/h11H,2-9H2,1H3. The molecule has 1 fully saturated rings. The first kappa shape index (κ1) is 10.5. The molecule has 1 saturated heterocycles. The van der Waals surface area contributed by atoms with E-state index in [0.29, 0.717) is 0 Å². The maximum Gasteiger partial charge on any atom is 0.0652 e.